The van der Waals surface area contributed by atoms with Crippen LogP contribution in [0.3, 0.4) is 0 Å². The molecule has 0 bridgehead atoms. The third kappa shape index (κ3) is 7.51. The molecule has 1 fully saturated rings. The second-order valence-corrected chi connectivity index (χ2v) is 11.7. The van der Waals surface area contributed by atoms with Crippen LogP contribution in [0.25, 0.3) is 0 Å². The van der Waals surface area contributed by atoms with Gasteiger partial charge in [0.15, 0.2) is 5.75 Å². The molecule has 1 aliphatic rings. The maximum absolute atomic E-state index is 14.1. The number of nitrogens with one attached hydrogen (secondary N) is 1. The summed E-state index contributed by atoms with van der Waals surface area (Å²) < 4.78 is 61.1. The number of carbonyl (C=O) groups is 2. The number of aryl methyl sites for hydroxylation is 2. The second-order valence-electron chi connectivity index (χ2n) is 10.1. The Hall–Kier alpha value is -2.96. The van der Waals surface area contributed by atoms with Crippen molar-refractivity contribution in [2.24, 2.45) is 0 Å². The molecule has 7 nitrogen and oxygen atoms in total. The number of nitrogens with zero attached hydrogens (tertiary/aromatic N) is 3. The third-order valence-electron chi connectivity index (χ3n) is 6.90. The average Bonchev–Trinajstić information content (AvgIpc) is 3.36. The monoisotopic (exact) mass is 646 g/mol. The minimum Gasteiger partial charge on any atom is -0.425 e. The van der Waals surface area contributed by atoms with Crippen LogP contribution in [0.2, 0.25) is 10.0 Å². The molecule has 1 heterocycles. The summed E-state index contributed by atoms with van der Waals surface area (Å²) in [7, 11) is 0. The molecule has 1 aliphatic carbocycles. The van der Waals surface area contributed by atoms with Gasteiger partial charge in [-0.05, 0) is 55.9 Å². The number of alkyl halides is 4. The summed E-state index contributed by atoms with van der Waals surface area (Å²) in [5.41, 5.74) is 1.97. The molecule has 0 radical (unpaired) electrons. The number of carbonyl (C=O) groups excluding carboxylic acids is 2. The molecule has 2 aromatic carbocycles. The van der Waals surface area contributed by atoms with Crippen LogP contribution in [-0.4, -0.2) is 46.0 Å². The SMILES string of the molecule is Cc1cccc(CC(C(=O)NC2CCCCC2)N(C(=O)c2snnc2C)c2cc(Cl)c(OC(F)(F)C(F)F)c(Cl)c2)c1. The molecule has 4 rings (SSSR count). The molecule has 1 aromatic heterocycles. The summed E-state index contributed by atoms with van der Waals surface area (Å²) in [5.74, 6) is -1.99. The van der Waals surface area contributed by atoms with Gasteiger partial charge in [0.25, 0.3) is 5.91 Å². The number of aromatic nitrogens is 2. The summed E-state index contributed by atoms with van der Waals surface area (Å²) in [5, 5.41) is 5.86. The zero-order valence-electron chi connectivity index (χ0n) is 22.7. The maximum atomic E-state index is 14.1. The van der Waals surface area contributed by atoms with Crippen molar-refractivity contribution in [2.75, 3.05) is 4.90 Å². The quantitative estimate of drug-likeness (QED) is 0.232. The molecule has 3 aromatic rings. The molecular formula is C28H28Cl2F4N4O3S. The lowest BCUT2D eigenvalue weighted by atomic mass is 9.94. The molecule has 1 N–H and O–H groups in total. The first kappa shape index (κ1) is 32.0. The standard InChI is InChI=1S/C28H28Cl2F4N4O3S/c1-15-7-6-8-17(11-15)12-22(25(39)35-18-9-4-3-5-10-18)38(26(40)24-16(2)36-37-42-24)19-13-20(29)23(21(30)14-19)41-28(33,34)27(31)32/h6-8,11,13-14,18,22,27H,3-5,9-10,12H2,1-2H3,(H,35,39). The van der Waals surface area contributed by atoms with Gasteiger partial charge >= 0.3 is 12.5 Å². The van der Waals surface area contributed by atoms with Crippen LogP contribution >= 0.6 is 34.7 Å². The van der Waals surface area contributed by atoms with E-state index in [4.69, 9.17) is 23.2 Å². The van der Waals surface area contributed by atoms with E-state index in [1.807, 2.05) is 31.2 Å². The summed E-state index contributed by atoms with van der Waals surface area (Å²) in [6, 6.07) is 8.33. The number of ether oxygens (including phenoxy) is 1. The number of rotatable bonds is 10. The molecule has 0 spiro atoms. The van der Waals surface area contributed by atoms with Gasteiger partial charge in [0.05, 0.1) is 15.7 Å². The molecule has 2 amide bonds. The highest BCUT2D eigenvalue weighted by Gasteiger charge is 2.45. The van der Waals surface area contributed by atoms with E-state index in [0.717, 1.165) is 71.8 Å². The van der Waals surface area contributed by atoms with Crippen molar-refractivity contribution in [2.45, 2.75) is 77.0 Å². The van der Waals surface area contributed by atoms with E-state index in [1.165, 1.54) is 0 Å². The van der Waals surface area contributed by atoms with E-state index in [9.17, 15) is 27.2 Å². The summed E-state index contributed by atoms with van der Waals surface area (Å²) in [6.07, 6.45) is -4.38. The topological polar surface area (TPSA) is 84.4 Å². The van der Waals surface area contributed by atoms with E-state index in [2.05, 4.69) is 19.6 Å². The van der Waals surface area contributed by atoms with Crippen LogP contribution in [0.1, 0.15) is 58.6 Å². The van der Waals surface area contributed by atoms with E-state index in [0.29, 0.717) is 5.69 Å². The van der Waals surface area contributed by atoms with Gasteiger partial charge in [-0.25, -0.2) is 0 Å². The minimum atomic E-state index is -4.87. The zero-order valence-corrected chi connectivity index (χ0v) is 25.0. The zero-order chi connectivity index (χ0) is 30.6. The molecule has 0 saturated heterocycles. The molecule has 42 heavy (non-hydrogen) atoms. The summed E-state index contributed by atoms with van der Waals surface area (Å²) >= 11 is 13.3. The lowest BCUT2D eigenvalue weighted by Crippen LogP contribution is -2.53. The number of anilines is 1. The fourth-order valence-electron chi connectivity index (χ4n) is 4.85. The first-order valence-electron chi connectivity index (χ1n) is 13.2. The molecular weight excluding hydrogens is 619 g/mol. The van der Waals surface area contributed by atoms with Crippen molar-refractivity contribution in [3.63, 3.8) is 0 Å². The van der Waals surface area contributed by atoms with Crippen molar-refractivity contribution < 1.29 is 31.9 Å². The largest absolute Gasteiger partial charge is 0.461 e. The first-order chi connectivity index (χ1) is 19.9. The molecule has 14 heteroatoms. The van der Waals surface area contributed by atoms with E-state index >= 15 is 0 Å². The smallest absolute Gasteiger partial charge is 0.425 e. The van der Waals surface area contributed by atoms with Crippen LogP contribution in [0.5, 0.6) is 5.75 Å². The fourth-order valence-corrected chi connectivity index (χ4v) is 5.99. The molecule has 1 atom stereocenters. The van der Waals surface area contributed by atoms with Crippen LogP contribution < -0.4 is 15.0 Å². The van der Waals surface area contributed by atoms with Gasteiger partial charge in [0, 0.05) is 18.2 Å². The number of hydrogen-bond acceptors (Lipinski definition) is 6. The Balaban J connectivity index is 1.82. The predicted octanol–water partition coefficient (Wildman–Crippen LogP) is 7.41. The summed E-state index contributed by atoms with van der Waals surface area (Å²) in [4.78, 5) is 29.3. The maximum Gasteiger partial charge on any atom is 0.461 e. The van der Waals surface area contributed by atoms with Crippen molar-refractivity contribution >= 4 is 52.2 Å². The van der Waals surface area contributed by atoms with Crippen LogP contribution in [-0.2, 0) is 11.2 Å². The molecule has 226 valence electrons. The normalized spacial score (nSPS) is 15.0. The summed E-state index contributed by atoms with van der Waals surface area (Å²) in [6.45, 7) is 3.47. The highest BCUT2D eigenvalue weighted by molar-refractivity contribution is 7.08. The lowest BCUT2D eigenvalue weighted by molar-refractivity contribution is -0.253. The Morgan fingerprint density at radius 2 is 1.79 bits per heavy atom. The van der Waals surface area contributed by atoms with Crippen LogP contribution in [0.4, 0.5) is 23.2 Å². The Labute approximate surface area is 254 Å². The number of amides is 2. The van der Waals surface area contributed by atoms with E-state index in [1.54, 1.807) is 6.92 Å². The Bertz CT molecular complexity index is 1410. The van der Waals surface area contributed by atoms with Gasteiger partial charge in [-0.15, -0.1) is 5.10 Å². The average molecular weight is 648 g/mol. The van der Waals surface area contributed by atoms with Gasteiger partial charge < -0.3 is 10.1 Å². The van der Waals surface area contributed by atoms with Crippen molar-refractivity contribution in [3.05, 3.63) is 68.1 Å². The highest BCUT2D eigenvalue weighted by atomic mass is 35.5. The molecule has 1 unspecified atom stereocenters. The second kappa shape index (κ2) is 13.6. The Morgan fingerprint density at radius 3 is 2.36 bits per heavy atom. The predicted molar refractivity (Wildman–Crippen MR) is 153 cm³/mol. The molecule has 0 aliphatic heterocycles. The fraction of sp³-hybridized carbons (Fsp3) is 0.429. The van der Waals surface area contributed by atoms with Gasteiger partial charge in [0.1, 0.15) is 10.9 Å². The van der Waals surface area contributed by atoms with Gasteiger partial charge in [-0.3, -0.25) is 14.5 Å². The molecule has 1 saturated carbocycles. The van der Waals surface area contributed by atoms with Gasteiger partial charge in [0.2, 0.25) is 5.91 Å². The highest BCUT2D eigenvalue weighted by Crippen LogP contribution is 2.42. The van der Waals surface area contributed by atoms with E-state index < -0.39 is 46.2 Å². The number of hydrogen-bond donors (Lipinski definition) is 1. The number of benzene rings is 2. The van der Waals surface area contributed by atoms with Gasteiger partial charge in [-0.2, -0.15) is 17.6 Å². The van der Waals surface area contributed by atoms with Gasteiger partial charge in [-0.1, -0.05) is 76.8 Å². The van der Waals surface area contributed by atoms with Crippen molar-refractivity contribution in [1.82, 2.24) is 14.9 Å². The van der Waals surface area contributed by atoms with E-state index in [-0.39, 0.29) is 23.0 Å². The minimum absolute atomic E-state index is 0.0352. The Kier molecular flexibility index (Phi) is 10.3. The van der Waals surface area contributed by atoms with Crippen molar-refractivity contribution in [3.8, 4) is 5.75 Å². The number of halogens is 6. The third-order valence-corrected chi connectivity index (χ3v) is 8.27. The first-order valence-corrected chi connectivity index (χ1v) is 14.7. The van der Waals surface area contributed by atoms with Crippen LogP contribution in [0.15, 0.2) is 36.4 Å². The van der Waals surface area contributed by atoms with Crippen LogP contribution in [0, 0.1) is 13.8 Å². The Morgan fingerprint density at radius 1 is 1.12 bits per heavy atom. The van der Waals surface area contributed by atoms with Crippen molar-refractivity contribution in [1.29, 1.82) is 0 Å². The lowest BCUT2D eigenvalue weighted by Gasteiger charge is -2.33.